The highest BCUT2D eigenvalue weighted by molar-refractivity contribution is 6.05. The lowest BCUT2D eigenvalue weighted by Crippen LogP contribution is -1.93. The number of imidazole rings is 4. The molecule has 0 aliphatic heterocycles. The summed E-state index contributed by atoms with van der Waals surface area (Å²) in [5.41, 5.74) is 11.0. The molecule has 10 aromatic rings. The summed E-state index contributed by atoms with van der Waals surface area (Å²) in [5.74, 6) is 1.68. The van der Waals surface area contributed by atoms with E-state index < -0.39 is 0 Å². The fourth-order valence-corrected chi connectivity index (χ4v) is 6.51. The van der Waals surface area contributed by atoms with E-state index in [2.05, 4.69) is 115 Å². The van der Waals surface area contributed by atoms with Crippen LogP contribution in [0.1, 0.15) is 0 Å². The van der Waals surface area contributed by atoms with E-state index >= 15 is 0 Å². The normalized spacial score (nSPS) is 12.5. The molecular formula is C33H19N7. The van der Waals surface area contributed by atoms with Gasteiger partial charge in [-0.3, -0.25) is 17.6 Å². The zero-order chi connectivity index (χ0) is 25.9. The van der Waals surface area contributed by atoms with Crippen LogP contribution in [0.25, 0.3) is 77.8 Å². The van der Waals surface area contributed by atoms with Crippen molar-refractivity contribution in [2.45, 2.75) is 0 Å². The third-order valence-electron chi connectivity index (χ3n) is 8.13. The number of aromatic nitrogens is 7. The number of para-hydroxylation sites is 8. The van der Waals surface area contributed by atoms with Crippen molar-refractivity contribution in [2.75, 3.05) is 0 Å². The molecule has 0 spiro atoms. The molecule has 0 atom stereocenters. The number of benzene rings is 5. The number of hydrogen-bond donors (Lipinski definition) is 0. The molecule has 0 aliphatic rings. The average molecular weight is 514 g/mol. The number of rotatable bonds is 0. The van der Waals surface area contributed by atoms with E-state index in [4.69, 9.17) is 15.0 Å². The summed E-state index contributed by atoms with van der Waals surface area (Å²) in [6, 6.07) is 39.9. The standard InChI is InChI=1S/C33H19N7/c1-5-14-24-20(10-1)31-34-21-11-2-8-17-27(21)40(31)33-36-23-13-4-7-16-26(23)38(33)29-19-9-18-28-30(29)39(24)32-35-22-12-3-6-15-25(22)37(28)32/h1-19H. The zero-order valence-corrected chi connectivity index (χ0v) is 21.1. The van der Waals surface area contributed by atoms with Gasteiger partial charge >= 0.3 is 0 Å². The van der Waals surface area contributed by atoms with Crippen LogP contribution in [-0.4, -0.2) is 32.6 Å². The summed E-state index contributed by atoms with van der Waals surface area (Å²) < 4.78 is 9.06. The van der Waals surface area contributed by atoms with Crippen LogP contribution < -0.4 is 0 Å². The van der Waals surface area contributed by atoms with Gasteiger partial charge in [-0.2, -0.15) is 0 Å². The Morgan fingerprint density at radius 2 is 0.800 bits per heavy atom. The largest absolute Gasteiger partial charge is 0.276 e. The van der Waals surface area contributed by atoms with Crippen LogP contribution in [0.3, 0.4) is 0 Å². The van der Waals surface area contributed by atoms with E-state index in [1.54, 1.807) is 0 Å². The maximum Gasteiger partial charge on any atom is 0.221 e. The average Bonchev–Trinajstić information content (AvgIpc) is 3.74. The maximum absolute atomic E-state index is 5.24. The van der Waals surface area contributed by atoms with Gasteiger partial charge in [-0.05, 0) is 60.7 Å². The van der Waals surface area contributed by atoms with E-state index in [-0.39, 0.29) is 0 Å². The van der Waals surface area contributed by atoms with Crippen LogP contribution >= 0.6 is 0 Å². The van der Waals surface area contributed by atoms with E-state index in [0.717, 1.165) is 77.8 Å². The van der Waals surface area contributed by atoms with Gasteiger partial charge < -0.3 is 0 Å². The highest BCUT2D eigenvalue weighted by atomic mass is 15.2. The molecule has 5 aromatic heterocycles. The third-order valence-corrected chi connectivity index (χ3v) is 8.13. The molecule has 186 valence electrons. The van der Waals surface area contributed by atoms with E-state index in [1.807, 2.05) is 18.2 Å². The zero-order valence-electron chi connectivity index (χ0n) is 21.1. The van der Waals surface area contributed by atoms with Gasteiger partial charge in [-0.15, -0.1) is 0 Å². The minimum Gasteiger partial charge on any atom is -0.276 e. The molecule has 0 saturated heterocycles. The SMILES string of the molecule is c1ccc2c(c1)nc1n2c2cccc3c2n(c2ccccc2c2nc4ccccc4n21)c1nc2ccccc2n31. The molecule has 0 amide bonds. The monoisotopic (exact) mass is 513 g/mol. The Hall–Kier alpha value is -5.69. The minimum absolute atomic E-state index is 0.810. The molecule has 0 unspecified atom stereocenters. The summed E-state index contributed by atoms with van der Waals surface area (Å²) in [5, 5.41) is 1.01. The van der Waals surface area contributed by atoms with E-state index in [0.29, 0.717) is 0 Å². The van der Waals surface area contributed by atoms with Crippen LogP contribution in [0.4, 0.5) is 0 Å². The quantitative estimate of drug-likeness (QED) is 0.215. The van der Waals surface area contributed by atoms with Crippen LogP contribution in [0, 0.1) is 0 Å². The van der Waals surface area contributed by atoms with Crippen molar-refractivity contribution in [1.82, 2.24) is 32.6 Å². The summed E-state index contributed by atoms with van der Waals surface area (Å²) in [4.78, 5) is 15.6. The molecule has 5 aromatic carbocycles. The van der Waals surface area contributed by atoms with Gasteiger partial charge in [-0.1, -0.05) is 54.6 Å². The molecule has 40 heavy (non-hydrogen) atoms. The summed E-state index contributed by atoms with van der Waals surface area (Å²) in [6.07, 6.45) is 0. The summed E-state index contributed by atoms with van der Waals surface area (Å²) in [7, 11) is 0. The Labute approximate surface area is 225 Å². The molecule has 0 bridgehead atoms. The van der Waals surface area contributed by atoms with Gasteiger partial charge in [0, 0.05) is 5.39 Å². The summed E-state index contributed by atoms with van der Waals surface area (Å²) >= 11 is 0. The molecule has 0 aliphatic carbocycles. The Kier molecular flexibility index (Phi) is 3.57. The molecule has 7 heteroatoms. The molecule has 5 heterocycles. The summed E-state index contributed by atoms with van der Waals surface area (Å²) in [6.45, 7) is 0. The molecule has 0 saturated carbocycles. The Bertz CT molecular complexity index is 2720. The Morgan fingerprint density at radius 1 is 0.350 bits per heavy atom. The van der Waals surface area contributed by atoms with Crippen molar-refractivity contribution in [2.24, 2.45) is 0 Å². The number of hydrogen-bond acceptors (Lipinski definition) is 3. The lowest BCUT2D eigenvalue weighted by molar-refractivity contribution is 1.16. The van der Waals surface area contributed by atoms with Crippen molar-refractivity contribution in [3.63, 3.8) is 0 Å². The van der Waals surface area contributed by atoms with Crippen molar-refractivity contribution in [1.29, 1.82) is 0 Å². The Morgan fingerprint density at radius 3 is 1.43 bits per heavy atom. The van der Waals surface area contributed by atoms with Gasteiger partial charge in [0.1, 0.15) is 5.65 Å². The maximum atomic E-state index is 5.24. The number of fused-ring (bicyclic) bond motifs is 16. The first-order chi connectivity index (χ1) is 19.9. The molecular weight excluding hydrogens is 494 g/mol. The van der Waals surface area contributed by atoms with Crippen LogP contribution in [0.15, 0.2) is 115 Å². The molecule has 10 rings (SSSR count). The predicted octanol–water partition coefficient (Wildman–Crippen LogP) is 7.21. The third kappa shape index (κ3) is 2.34. The van der Waals surface area contributed by atoms with Gasteiger partial charge in [0.2, 0.25) is 11.6 Å². The first-order valence-electron chi connectivity index (χ1n) is 13.3. The second kappa shape index (κ2) is 7.03. The Balaban J connectivity index is 1.70. The van der Waals surface area contributed by atoms with Crippen LogP contribution in [-0.2, 0) is 0 Å². The topological polar surface area (TPSA) is 56.3 Å². The van der Waals surface area contributed by atoms with E-state index in [1.165, 1.54) is 0 Å². The highest BCUT2D eigenvalue weighted by Gasteiger charge is 2.20. The fourth-order valence-electron chi connectivity index (χ4n) is 6.51. The van der Waals surface area contributed by atoms with Gasteiger partial charge in [0.25, 0.3) is 0 Å². The van der Waals surface area contributed by atoms with Crippen LogP contribution in [0.2, 0.25) is 0 Å². The molecule has 0 fully saturated rings. The molecule has 7 nitrogen and oxygen atoms in total. The second-order valence-electron chi connectivity index (χ2n) is 10.2. The molecule has 0 radical (unpaired) electrons. The van der Waals surface area contributed by atoms with Gasteiger partial charge in [0.05, 0.1) is 55.2 Å². The molecule has 0 N–H and O–H groups in total. The second-order valence-corrected chi connectivity index (χ2v) is 10.2. The highest BCUT2D eigenvalue weighted by Crippen LogP contribution is 2.34. The van der Waals surface area contributed by atoms with Crippen molar-refractivity contribution in [3.8, 4) is 0 Å². The van der Waals surface area contributed by atoms with Gasteiger partial charge in [-0.25, -0.2) is 15.0 Å². The first kappa shape index (κ1) is 20.3. The van der Waals surface area contributed by atoms with Crippen molar-refractivity contribution in [3.05, 3.63) is 115 Å². The lowest BCUT2D eigenvalue weighted by Gasteiger charge is -2.03. The smallest absolute Gasteiger partial charge is 0.221 e. The van der Waals surface area contributed by atoms with Crippen molar-refractivity contribution < 1.29 is 0 Å². The van der Waals surface area contributed by atoms with Crippen molar-refractivity contribution >= 4 is 77.8 Å². The lowest BCUT2D eigenvalue weighted by atomic mass is 10.2. The first-order valence-corrected chi connectivity index (χ1v) is 13.3. The minimum atomic E-state index is 0.810. The number of nitrogens with zero attached hydrogens (tertiary/aromatic N) is 7. The van der Waals surface area contributed by atoms with Crippen LogP contribution in [0.5, 0.6) is 0 Å². The van der Waals surface area contributed by atoms with Gasteiger partial charge in [0.15, 0.2) is 0 Å². The predicted molar refractivity (Wildman–Crippen MR) is 160 cm³/mol. The fraction of sp³-hybridized carbons (Fsp3) is 0. The van der Waals surface area contributed by atoms with E-state index in [9.17, 15) is 0 Å².